The van der Waals surface area contributed by atoms with E-state index in [0.717, 1.165) is 17.9 Å². The van der Waals surface area contributed by atoms with Crippen LogP contribution < -0.4 is 10.5 Å². The number of hydrogen-bond acceptors (Lipinski definition) is 6. The van der Waals surface area contributed by atoms with E-state index in [9.17, 15) is 4.79 Å². The Morgan fingerprint density at radius 2 is 2.00 bits per heavy atom. The highest BCUT2D eigenvalue weighted by molar-refractivity contribution is 5.93. The van der Waals surface area contributed by atoms with Gasteiger partial charge in [0.05, 0.1) is 18.0 Å². The molecule has 1 aliphatic rings. The second-order valence-electron chi connectivity index (χ2n) is 7.25. The van der Waals surface area contributed by atoms with Crippen molar-refractivity contribution >= 4 is 5.91 Å². The average molecular weight is 373 g/mol. The minimum Gasteiger partial charge on any atom is -0.491 e. The number of rotatable bonds is 7. The first-order valence-electron chi connectivity index (χ1n) is 9.11. The summed E-state index contributed by atoms with van der Waals surface area (Å²) in [5, 5.41) is 8.83. The molecule has 2 N–H and O–H groups in total. The van der Waals surface area contributed by atoms with Crippen molar-refractivity contribution in [2.24, 2.45) is 11.1 Å². The number of nitrogens with two attached hydrogens (primary N) is 1. The smallest absolute Gasteiger partial charge is 0.276 e. The van der Waals surface area contributed by atoms with E-state index >= 15 is 0 Å². The fourth-order valence-electron chi connectivity index (χ4n) is 3.12. The van der Waals surface area contributed by atoms with Crippen molar-refractivity contribution in [2.45, 2.75) is 20.3 Å². The molecule has 1 aromatic heterocycles. The number of carbonyl (C=O) groups excluding carboxylic acids is 1. The molecule has 146 valence electrons. The molecule has 2 heterocycles. The predicted octanol–water partition coefficient (Wildman–Crippen LogP) is 1.41. The molecule has 27 heavy (non-hydrogen) atoms. The van der Waals surface area contributed by atoms with Crippen molar-refractivity contribution in [3.63, 3.8) is 0 Å². The van der Waals surface area contributed by atoms with Crippen LogP contribution in [0.2, 0.25) is 0 Å². The van der Waals surface area contributed by atoms with Gasteiger partial charge in [-0.3, -0.25) is 4.79 Å². The summed E-state index contributed by atoms with van der Waals surface area (Å²) in [6, 6.07) is 7.41. The van der Waals surface area contributed by atoms with Gasteiger partial charge in [0.1, 0.15) is 12.4 Å². The molecule has 1 amide bonds. The summed E-state index contributed by atoms with van der Waals surface area (Å²) in [6.45, 7) is 6.87. The third-order valence-electron chi connectivity index (χ3n) is 4.95. The summed E-state index contributed by atoms with van der Waals surface area (Å²) in [5.41, 5.74) is 7.59. The monoisotopic (exact) mass is 373 g/mol. The molecule has 1 atom stereocenters. The number of aryl methyl sites for hydroxylation is 1. The normalized spacial score (nSPS) is 19.5. The van der Waals surface area contributed by atoms with Crippen molar-refractivity contribution in [2.75, 3.05) is 40.0 Å². The van der Waals surface area contributed by atoms with Crippen molar-refractivity contribution < 1.29 is 14.3 Å². The Labute approximate surface area is 159 Å². The fraction of sp³-hybridized carbons (Fsp3) is 0.526. The average Bonchev–Trinajstić information content (AvgIpc) is 3.26. The number of benzene rings is 1. The lowest BCUT2D eigenvalue weighted by Crippen LogP contribution is -2.35. The molecular weight excluding hydrogens is 346 g/mol. The van der Waals surface area contributed by atoms with Gasteiger partial charge in [-0.1, -0.05) is 6.92 Å². The second kappa shape index (κ2) is 8.06. The predicted molar refractivity (Wildman–Crippen MR) is 101 cm³/mol. The van der Waals surface area contributed by atoms with Gasteiger partial charge in [0, 0.05) is 20.2 Å². The number of aromatic nitrogens is 3. The Hall–Kier alpha value is -2.45. The molecule has 1 aromatic carbocycles. The van der Waals surface area contributed by atoms with Gasteiger partial charge in [-0.15, -0.1) is 5.10 Å². The maximum Gasteiger partial charge on any atom is 0.276 e. The number of carbonyl (C=O) groups is 1. The standard InChI is InChI=1S/C19H27N5O3/c1-14-17(18(25)23-9-8-19(2,12-20)13-23)22-24(21-14)15-4-6-16(7-5-15)27-11-10-26-3/h4-7H,8-13,20H2,1-3H3. The molecule has 0 saturated carbocycles. The highest BCUT2D eigenvalue weighted by Gasteiger charge is 2.36. The molecule has 8 heteroatoms. The zero-order valence-corrected chi connectivity index (χ0v) is 16.1. The SMILES string of the molecule is COCCOc1ccc(-n2nc(C)c(C(=O)N3CCC(C)(CN)C3)n2)cc1. The van der Waals surface area contributed by atoms with Gasteiger partial charge in [0.25, 0.3) is 5.91 Å². The highest BCUT2D eigenvalue weighted by atomic mass is 16.5. The lowest BCUT2D eigenvalue weighted by atomic mass is 9.90. The summed E-state index contributed by atoms with van der Waals surface area (Å²) in [6.07, 6.45) is 0.910. The number of ether oxygens (including phenoxy) is 2. The summed E-state index contributed by atoms with van der Waals surface area (Å²) in [4.78, 5) is 16.2. The molecule has 0 radical (unpaired) electrons. The van der Waals surface area contributed by atoms with Crippen LogP contribution in [-0.2, 0) is 4.74 Å². The van der Waals surface area contributed by atoms with Crippen LogP contribution in [-0.4, -0.2) is 65.8 Å². The van der Waals surface area contributed by atoms with Crippen molar-refractivity contribution in [1.29, 1.82) is 0 Å². The Bertz CT molecular complexity index is 789. The van der Waals surface area contributed by atoms with E-state index in [4.69, 9.17) is 15.2 Å². The van der Waals surface area contributed by atoms with Crippen LogP contribution in [0.5, 0.6) is 5.75 Å². The number of amides is 1. The summed E-state index contributed by atoms with van der Waals surface area (Å²) in [7, 11) is 1.63. The third kappa shape index (κ3) is 4.28. The molecule has 0 aliphatic carbocycles. The zero-order valence-electron chi connectivity index (χ0n) is 16.1. The van der Waals surface area contributed by atoms with Gasteiger partial charge in [0.15, 0.2) is 5.69 Å². The van der Waals surface area contributed by atoms with E-state index in [2.05, 4.69) is 17.1 Å². The van der Waals surface area contributed by atoms with Gasteiger partial charge < -0.3 is 20.1 Å². The van der Waals surface area contributed by atoms with E-state index in [1.165, 1.54) is 4.80 Å². The van der Waals surface area contributed by atoms with Crippen LogP contribution in [0.1, 0.15) is 29.5 Å². The maximum atomic E-state index is 12.9. The van der Waals surface area contributed by atoms with E-state index in [-0.39, 0.29) is 11.3 Å². The van der Waals surface area contributed by atoms with Crippen molar-refractivity contribution in [3.8, 4) is 11.4 Å². The summed E-state index contributed by atoms with van der Waals surface area (Å²) < 4.78 is 10.5. The second-order valence-corrected chi connectivity index (χ2v) is 7.25. The molecule has 1 fully saturated rings. The van der Waals surface area contributed by atoms with Crippen LogP contribution in [0.25, 0.3) is 5.69 Å². The van der Waals surface area contributed by atoms with E-state index < -0.39 is 0 Å². The fourth-order valence-corrected chi connectivity index (χ4v) is 3.12. The van der Waals surface area contributed by atoms with Crippen LogP contribution in [0.3, 0.4) is 0 Å². The van der Waals surface area contributed by atoms with Crippen molar-refractivity contribution in [1.82, 2.24) is 19.9 Å². The highest BCUT2D eigenvalue weighted by Crippen LogP contribution is 2.29. The largest absolute Gasteiger partial charge is 0.491 e. The number of methoxy groups -OCH3 is 1. The molecule has 0 bridgehead atoms. The first-order valence-corrected chi connectivity index (χ1v) is 9.11. The van der Waals surface area contributed by atoms with Gasteiger partial charge in [-0.25, -0.2) is 0 Å². The molecule has 1 unspecified atom stereocenters. The van der Waals surface area contributed by atoms with Crippen LogP contribution in [0.15, 0.2) is 24.3 Å². The van der Waals surface area contributed by atoms with E-state index in [1.807, 2.05) is 29.2 Å². The molecule has 0 spiro atoms. The van der Waals surface area contributed by atoms with Crippen molar-refractivity contribution in [3.05, 3.63) is 35.7 Å². The maximum absolute atomic E-state index is 12.9. The molecular formula is C19H27N5O3. The molecule has 2 aromatic rings. The summed E-state index contributed by atoms with van der Waals surface area (Å²) in [5.74, 6) is 0.657. The van der Waals surface area contributed by atoms with Crippen LogP contribution in [0, 0.1) is 12.3 Å². The summed E-state index contributed by atoms with van der Waals surface area (Å²) >= 11 is 0. The zero-order chi connectivity index (χ0) is 19.4. The Kier molecular flexibility index (Phi) is 5.76. The minimum atomic E-state index is -0.0876. The topological polar surface area (TPSA) is 95.5 Å². The van der Waals surface area contributed by atoms with E-state index in [0.29, 0.717) is 44.2 Å². The van der Waals surface area contributed by atoms with Gasteiger partial charge in [-0.05, 0) is 49.6 Å². The third-order valence-corrected chi connectivity index (χ3v) is 4.95. The first kappa shape index (κ1) is 19.3. The molecule has 1 saturated heterocycles. The molecule has 8 nitrogen and oxygen atoms in total. The lowest BCUT2D eigenvalue weighted by Gasteiger charge is -2.22. The number of likely N-dealkylation sites (tertiary alicyclic amines) is 1. The van der Waals surface area contributed by atoms with Gasteiger partial charge in [-0.2, -0.15) is 9.90 Å². The molecule has 3 rings (SSSR count). The van der Waals surface area contributed by atoms with Crippen LogP contribution >= 0.6 is 0 Å². The van der Waals surface area contributed by atoms with Gasteiger partial charge in [0.2, 0.25) is 0 Å². The van der Waals surface area contributed by atoms with E-state index in [1.54, 1.807) is 14.0 Å². The minimum absolute atomic E-state index is 0.0157. The number of nitrogens with zero attached hydrogens (tertiary/aromatic N) is 4. The molecule has 1 aliphatic heterocycles. The van der Waals surface area contributed by atoms with Crippen LogP contribution in [0.4, 0.5) is 0 Å². The Morgan fingerprint density at radius 3 is 2.63 bits per heavy atom. The Balaban J connectivity index is 1.72. The first-order chi connectivity index (χ1) is 13.0. The Morgan fingerprint density at radius 1 is 1.26 bits per heavy atom. The lowest BCUT2D eigenvalue weighted by molar-refractivity contribution is 0.0770. The van der Waals surface area contributed by atoms with Gasteiger partial charge >= 0.3 is 0 Å². The quantitative estimate of drug-likeness (QED) is 0.738. The number of hydrogen-bond donors (Lipinski definition) is 1.